The number of hydrogen-bond acceptors (Lipinski definition) is 3. The van der Waals surface area contributed by atoms with Gasteiger partial charge < -0.3 is 0 Å². The second-order valence-corrected chi connectivity index (χ2v) is 7.17. The van der Waals surface area contributed by atoms with E-state index in [-0.39, 0.29) is 5.41 Å². The monoisotopic (exact) mass is 339 g/mol. The number of aryl methyl sites for hydroxylation is 1. The number of rotatable bonds is 4. The Labute approximate surface area is 148 Å². The van der Waals surface area contributed by atoms with Crippen molar-refractivity contribution in [3.63, 3.8) is 0 Å². The van der Waals surface area contributed by atoms with Crippen LogP contribution in [0.4, 0.5) is 0 Å². The molecule has 0 aromatic carbocycles. The van der Waals surface area contributed by atoms with Crippen molar-refractivity contribution in [2.45, 2.75) is 33.1 Å². The standard InChI is InChI=1S/C20H22ClN3/c1-13(2)20(4,16-7-8-19(21)24-11-16)17-9-18(23-12-17)15-6-5-14(3)22-10-15/h5-11,13H,12H2,1-4H3. The third-order valence-corrected chi connectivity index (χ3v) is 5.31. The third-order valence-electron chi connectivity index (χ3n) is 5.09. The van der Waals surface area contributed by atoms with Gasteiger partial charge in [0, 0.05) is 29.1 Å². The van der Waals surface area contributed by atoms with Crippen molar-refractivity contribution in [1.82, 2.24) is 9.97 Å². The first-order valence-corrected chi connectivity index (χ1v) is 8.59. The van der Waals surface area contributed by atoms with E-state index in [1.54, 1.807) is 0 Å². The predicted molar refractivity (Wildman–Crippen MR) is 99.9 cm³/mol. The first kappa shape index (κ1) is 16.8. The first-order chi connectivity index (χ1) is 11.4. The van der Waals surface area contributed by atoms with Crippen LogP contribution in [-0.2, 0) is 5.41 Å². The number of aromatic nitrogens is 2. The summed E-state index contributed by atoms with van der Waals surface area (Å²) in [6.07, 6.45) is 5.99. The minimum Gasteiger partial charge on any atom is -0.280 e. The Balaban J connectivity index is 1.97. The van der Waals surface area contributed by atoms with Crippen molar-refractivity contribution in [2.75, 3.05) is 6.54 Å². The summed E-state index contributed by atoms with van der Waals surface area (Å²) in [7, 11) is 0. The average Bonchev–Trinajstić information content (AvgIpc) is 3.05. The number of hydrogen-bond donors (Lipinski definition) is 0. The zero-order chi connectivity index (χ0) is 17.3. The molecule has 0 saturated heterocycles. The summed E-state index contributed by atoms with van der Waals surface area (Å²) in [5.41, 5.74) is 5.44. The topological polar surface area (TPSA) is 38.1 Å². The van der Waals surface area contributed by atoms with Gasteiger partial charge in [0.25, 0.3) is 0 Å². The number of aliphatic imine (C=N–C) groups is 1. The Morgan fingerprint density at radius 1 is 1.08 bits per heavy atom. The van der Waals surface area contributed by atoms with Crippen LogP contribution in [0.15, 0.2) is 53.3 Å². The van der Waals surface area contributed by atoms with Crippen molar-refractivity contribution >= 4 is 17.3 Å². The number of halogens is 1. The van der Waals surface area contributed by atoms with Crippen molar-refractivity contribution < 1.29 is 0 Å². The molecule has 2 aromatic rings. The second-order valence-electron chi connectivity index (χ2n) is 6.79. The van der Waals surface area contributed by atoms with Crippen LogP contribution in [0.5, 0.6) is 0 Å². The molecule has 3 rings (SSSR count). The van der Waals surface area contributed by atoms with Gasteiger partial charge in [0.1, 0.15) is 5.15 Å². The van der Waals surface area contributed by atoms with E-state index in [4.69, 9.17) is 16.6 Å². The third kappa shape index (κ3) is 3.01. The molecule has 1 unspecified atom stereocenters. The highest BCUT2D eigenvalue weighted by molar-refractivity contribution is 6.29. The van der Waals surface area contributed by atoms with E-state index in [9.17, 15) is 0 Å². The summed E-state index contributed by atoms with van der Waals surface area (Å²) in [4.78, 5) is 13.4. The molecule has 3 nitrogen and oxygen atoms in total. The van der Waals surface area contributed by atoms with E-state index in [0.717, 1.165) is 17.0 Å². The van der Waals surface area contributed by atoms with Crippen LogP contribution in [0.2, 0.25) is 5.15 Å². The Morgan fingerprint density at radius 2 is 1.88 bits per heavy atom. The molecule has 0 fully saturated rings. The molecule has 0 bridgehead atoms. The Kier molecular flexibility index (Phi) is 4.55. The molecule has 1 aliphatic rings. The second kappa shape index (κ2) is 6.48. The molecule has 24 heavy (non-hydrogen) atoms. The lowest BCUT2D eigenvalue weighted by Crippen LogP contribution is -2.32. The van der Waals surface area contributed by atoms with E-state index in [0.29, 0.717) is 17.6 Å². The zero-order valence-corrected chi connectivity index (χ0v) is 15.3. The average molecular weight is 340 g/mol. The summed E-state index contributed by atoms with van der Waals surface area (Å²) >= 11 is 5.96. The molecule has 0 spiro atoms. The molecule has 0 N–H and O–H groups in total. The van der Waals surface area contributed by atoms with E-state index >= 15 is 0 Å². The molecule has 1 atom stereocenters. The molecule has 4 heteroatoms. The highest BCUT2D eigenvalue weighted by Crippen LogP contribution is 2.40. The number of nitrogens with zero attached hydrogens (tertiary/aromatic N) is 3. The molecule has 0 amide bonds. The van der Waals surface area contributed by atoms with Crippen LogP contribution in [-0.4, -0.2) is 22.2 Å². The van der Waals surface area contributed by atoms with E-state index < -0.39 is 0 Å². The Hall–Kier alpha value is -2.00. The maximum Gasteiger partial charge on any atom is 0.129 e. The molecule has 2 aromatic heterocycles. The van der Waals surface area contributed by atoms with Crippen LogP contribution < -0.4 is 0 Å². The molecule has 0 aliphatic carbocycles. The lowest BCUT2D eigenvalue weighted by atomic mass is 9.68. The maximum absolute atomic E-state index is 5.96. The molecular weight excluding hydrogens is 318 g/mol. The lowest BCUT2D eigenvalue weighted by molar-refractivity contribution is 0.393. The van der Waals surface area contributed by atoms with E-state index in [1.807, 2.05) is 31.5 Å². The van der Waals surface area contributed by atoms with Gasteiger partial charge in [-0.25, -0.2) is 4.98 Å². The Bertz CT molecular complexity index is 789. The number of pyridine rings is 2. The fourth-order valence-corrected chi connectivity index (χ4v) is 3.22. The summed E-state index contributed by atoms with van der Waals surface area (Å²) < 4.78 is 0. The Morgan fingerprint density at radius 3 is 2.46 bits per heavy atom. The quantitative estimate of drug-likeness (QED) is 0.752. The molecule has 0 saturated carbocycles. The van der Waals surface area contributed by atoms with Gasteiger partial charge in [-0.15, -0.1) is 0 Å². The van der Waals surface area contributed by atoms with Gasteiger partial charge in [-0.05, 0) is 48.3 Å². The minimum absolute atomic E-state index is 0.124. The fraction of sp³-hybridized carbons (Fsp3) is 0.350. The summed E-state index contributed by atoms with van der Waals surface area (Å²) in [6, 6.07) is 8.03. The van der Waals surface area contributed by atoms with Gasteiger partial charge in [-0.3, -0.25) is 9.98 Å². The normalized spacial score (nSPS) is 16.8. The SMILES string of the molecule is Cc1ccc(C2=NCC(C(C)(c3ccc(Cl)nc3)C(C)C)=C2)cn1. The first-order valence-electron chi connectivity index (χ1n) is 8.22. The van der Waals surface area contributed by atoms with Gasteiger partial charge in [-0.2, -0.15) is 0 Å². The van der Waals surface area contributed by atoms with Gasteiger partial charge in [0.15, 0.2) is 0 Å². The van der Waals surface area contributed by atoms with Crippen molar-refractivity contribution in [1.29, 1.82) is 0 Å². The molecule has 0 radical (unpaired) electrons. The minimum atomic E-state index is -0.124. The van der Waals surface area contributed by atoms with Gasteiger partial charge in [-0.1, -0.05) is 38.4 Å². The molecule has 3 heterocycles. The smallest absolute Gasteiger partial charge is 0.129 e. The van der Waals surface area contributed by atoms with E-state index in [2.05, 4.69) is 48.9 Å². The van der Waals surface area contributed by atoms with Crippen LogP contribution in [0.1, 0.15) is 37.6 Å². The summed E-state index contributed by atoms with van der Waals surface area (Å²) in [6.45, 7) is 9.44. The van der Waals surface area contributed by atoms with E-state index in [1.165, 1.54) is 11.1 Å². The van der Waals surface area contributed by atoms with Crippen molar-refractivity contribution in [2.24, 2.45) is 10.9 Å². The van der Waals surface area contributed by atoms with Crippen molar-refractivity contribution in [3.8, 4) is 0 Å². The van der Waals surface area contributed by atoms with Gasteiger partial charge in [0.2, 0.25) is 0 Å². The fourth-order valence-electron chi connectivity index (χ4n) is 3.11. The largest absolute Gasteiger partial charge is 0.280 e. The highest BCUT2D eigenvalue weighted by atomic mass is 35.5. The zero-order valence-electron chi connectivity index (χ0n) is 14.5. The highest BCUT2D eigenvalue weighted by Gasteiger charge is 2.36. The summed E-state index contributed by atoms with van der Waals surface area (Å²) in [5, 5.41) is 0.521. The predicted octanol–water partition coefficient (Wildman–Crippen LogP) is 4.78. The molecular formula is C20H22ClN3. The molecule has 124 valence electrons. The van der Waals surface area contributed by atoms with Crippen LogP contribution in [0.25, 0.3) is 0 Å². The van der Waals surface area contributed by atoms with Crippen LogP contribution >= 0.6 is 11.6 Å². The maximum atomic E-state index is 5.96. The summed E-state index contributed by atoms with van der Waals surface area (Å²) in [5.74, 6) is 0.414. The van der Waals surface area contributed by atoms with Gasteiger partial charge >= 0.3 is 0 Å². The van der Waals surface area contributed by atoms with Crippen LogP contribution in [0, 0.1) is 12.8 Å². The van der Waals surface area contributed by atoms with Crippen molar-refractivity contribution in [3.05, 3.63) is 70.3 Å². The lowest BCUT2D eigenvalue weighted by Gasteiger charge is -2.35. The van der Waals surface area contributed by atoms with Gasteiger partial charge in [0.05, 0.1) is 12.3 Å². The van der Waals surface area contributed by atoms with Crippen LogP contribution in [0.3, 0.4) is 0 Å². The number of allylic oxidation sites excluding steroid dienone is 1. The molecule has 1 aliphatic heterocycles.